The Bertz CT molecular complexity index is 1190. The van der Waals surface area contributed by atoms with Crippen LogP contribution in [0.1, 0.15) is 50.9 Å². The zero-order valence-corrected chi connectivity index (χ0v) is 23.8. The van der Waals surface area contributed by atoms with Crippen LogP contribution < -0.4 is 4.74 Å². The lowest BCUT2D eigenvalue weighted by Gasteiger charge is -2.19. The molecule has 0 amide bonds. The van der Waals surface area contributed by atoms with E-state index < -0.39 is 5.60 Å². The lowest BCUT2D eigenvalue weighted by molar-refractivity contribution is -0.156. The van der Waals surface area contributed by atoms with Crippen molar-refractivity contribution in [3.8, 4) is 5.75 Å². The van der Waals surface area contributed by atoms with Gasteiger partial charge < -0.3 is 9.47 Å². The maximum Gasteiger partial charge on any atom is 0.309 e. The number of esters is 1. The van der Waals surface area contributed by atoms with E-state index in [4.69, 9.17) is 9.47 Å². The van der Waals surface area contributed by atoms with Crippen molar-refractivity contribution in [3.05, 3.63) is 83.4 Å². The molecule has 6 heteroatoms. The summed E-state index contributed by atoms with van der Waals surface area (Å²) in [5.41, 5.74) is 3.94. The van der Waals surface area contributed by atoms with Gasteiger partial charge in [0.1, 0.15) is 18.0 Å². The molecule has 0 bridgehead atoms. The van der Waals surface area contributed by atoms with E-state index in [-0.39, 0.29) is 11.9 Å². The van der Waals surface area contributed by atoms with Gasteiger partial charge in [-0.1, -0.05) is 55.8 Å². The first kappa shape index (κ1) is 28.7. The fourth-order valence-corrected chi connectivity index (χ4v) is 4.44. The number of pyridine rings is 1. The van der Waals surface area contributed by atoms with E-state index >= 15 is 0 Å². The van der Waals surface area contributed by atoms with Crippen LogP contribution in [0.3, 0.4) is 0 Å². The van der Waals surface area contributed by atoms with Gasteiger partial charge in [-0.15, -0.1) is 0 Å². The predicted molar refractivity (Wildman–Crippen MR) is 154 cm³/mol. The Balaban J connectivity index is 0.000000479. The number of para-hydroxylation sites is 1. The third kappa shape index (κ3) is 9.20. The maximum atomic E-state index is 12.2. The number of rotatable bonds is 9. The number of carbonyl (C=O) groups excluding carboxylic acids is 1. The fourth-order valence-electron chi connectivity index (χ4n) is 4.04. The lowest BCUT2D eigenvalue weighted by Crippen LogP contribution is -2.25. The second kappa shape index (κ2) is 13.1. The van der Waals surface area contributed by atoms with Crippen molar-refractivity contribution in [1.82, 2.24) is 9.29 Å². The first-order chi connectivity index (χ1) is 17.6. The van der Waals surface area contributed by atoms with E-state index in [2.05, 4.69) is 47.1 Å². The molecule has 2 atom stereocenters. The first-order valence-electron chi connectivity index (χ1n) is 12.9. The van der Waals surface area contributed by atoms with Crippen molar-refractivity contribution >= 4 is 28.8 Å². The van der Waals surface area contributed by atoms with Crippen molar-refractivity contribution < 1.29 is 14.3 Å². The highest BCUT2D eigenvalue weighted by Gasteiger charge is 2.44. The minimum atomic E-state index is -0.415. The van der Waals surface area contributed by atoms with Gasteiger partial charge in [0.15, 0.2) is 0 Å². The van der Waals surface area contributed by atoms with E-state index in [0.717, 1.165) is 47.3 Å². The molecule has 4 rings (SSSR count). The first-order valence-corrected chi connectivity index (χ1v) is 13.7. The van der Waals surface area contributed by atoms with Gasteiger partial charge in [-0.05, 0) is 88.7 Å². The lowest BCUT2D eigenvalue weighted by atomic mass is 10.1. The van der Waals surface area contributed by atoms with Crippen molar-refractivity contribution in [2.45, 2.75) is 59.7 Å². The molecule has 3 aromatic rings. The topological polar surface area (TPSA) is 51.7 Å². The average Bonchev–Trinajstić information content (AvgIpc) is 3.62. The van der Waals surface area contributed by atoms with Gasteiger partial charge >= 0.3 is 5.97 Å². The monoisotopic (exact) mass is 520 g/mol. The van der Waals surface area contributed by atoms with E-state index in [1.165, 1.54) is 5.56 Å². The molecular formula is C31H40N2O3S. The minimum Gasteiger partial charge on any atom is -0.489 e. The van der Waals surface area contributed by atoms with E-state index in [0.29, 0.717) is 12.5 Å². The SMILES string of the molecule is C=CSN(C)CC.Cc1cc(COc2ccc(CC3CC3C(=O)OC(C)(C)C)cc2)c2ccccc2n1. The van der Waals surface area contributed by atoms with Crippen LogP contribution in [0.25, 0.3) is 10.9 Å². The van der Waals surface area contributed by atoms with Crippen LogP contribution in [-0.2, 0) is 22.6 Å². The zero-order chi connectivity index (χ0) is 27.0. The van der Waals surface area contributed by atoms with E-state index in [1.807, 2.05) is 70.5 Å². The second-order valence-electron chi connectivity index (χ2n) is 10.4. The van der Waals surface area contributed by atoms with Crippen molar-refractivity contribution in [3.63, 3.8) is 0 Å². The largest absolute Gasteiger partial charge is 0.489 e. The third-order valence-electron chi connectivity index (χ3n) is 6.08. The fraction of sp³-hybridized carbons (Fsp3) is 0.419. The number of hydrogen-bond donors (Lipinski definition) is 0. The number of ether oxygens (including phenoxy) is 2. The molecule has 0 saturated heterocycles. The molecule has 1 heterocycles. The summed E-state index contributed by atoms with van der Waals surface area (Å²) in [5.74, 6) is 1.21. The average molecular weight is 521 g/mol. The Morgan fingerprint density at radius 1 is 1.19 bits per heavy atom. The molecule has 0 spiro atoms. The van der Waals surface area contributed by atoms with Crippen LogP contribution in [0, 0.1) is 18.8 Å². The molecule has 2 aromatic carbocycles. The van der Waals surface area contributed by atoms with E-state index in [1.54, 1.807) is 11.9 Å². The number of carbonyl (C=O) groups is 1. The molecule has 1 aliphatic rings. The minimum absolute atomic E-state index is 0.0448. The molecule has 0 N–H and O–H groups in total. The van der Waals surface area contributed by atoms with Crippen molar-refractivity contribution in [2.75, 3.05) is 13.6 Å². The predicted octanol–water partition coefficient (Wildman–Crippen LogP) is 7.37. The van der Waals surface area contributed by atoms with Gasteiger partial charge in [0.2, 0.25) is 0 Å². The summed E-state index contributed by atoms with van der Waals surface area (Å²) in [6, 6.07) is 18.4. The van der Waals surface area contributed by atoms with Gasteiger partial charge in [0.25, 0.3) is 0 Å². The summed E-state index contributed by atoms with van der Waals surface area (Å²) in [7, 11) is 2.03. The van der Waals surface area contributed by atoms with E-state index in [9.17, 15) is 4.79 Å². The molecule has 1 fully saturated rings. The Hall–Kier alpha value is -2.83. The highest BCUT2D eigenvalue weighted by atomic mass is 32.2. The van der Waals surface area contributed by atoms with Crippen molar-refractivity contribution in [2.24, 2.45) is 11.8 Å². The number of hydrogen-bond acceptors (Lipinski definition) is 6. The summed E-state index contributed by atoms with van der Waals surface area (Å²) in [6.07, 6.45) is 1.82. The van der Waals surface area contributed by atoms with Gasteiger partial charge in [0, 0.05) is 23.2 Å². The number of fused-ring (bicyclic) bond motifs is 1. The van der Waals surface area contributed by atoms with Crippen LogP contribution >= 0.6 is 11.9 Å². The van der Waals surface area contributed by atoms with Gasteiger partial charge in [-0.25, -0.2) is 0 Å². The normalized spacial score (nSPS) is 16.6. The van der Waals surface area contributed by atoms with Gasteiger partial charge in [-0.3, -0.25) is 14.1 Å². The van der Waals surface area contributed by atoms with Gasteiger partial charge in [0.05, 0.1) is 11.4 Å². The molecule has 2 unspecified atom stereocenters. The Morgan fingerprint density at radius 3 is 2.51 bits per heavy atom. The van der Waals surface area contributed by atoms with Crippen LogP contribution in [-0.4, -0.2) is 34.5 Å². The van der Waals surface area contributed by atoms with Crippen LogP contribution in [0.5, 0.6) is 5.75 Å². The summed E-state index contributed by atoms with van der Waals surface area (Å²) >= 11 is 1.63. The summed E-state index contributed by atoms with van der Waals surface area (Å²) in [4.78, 5) is 16.8. The maximum absolute atomic E-state index is 12.2. The van der Waals surface area contributed by atoms with Crippen LogP contribution in [0.2, 0.25) is 0 Å². The highest BCUT2D eigenvalue weighted by Crippen LogP contribution is 2.42. The number of benzene rings is 2. The Labute approximate surface area is 226 Å². The molecule has 5 nitrogen and oxygen atoms in total. The summed E-state index contributed by atoms with van der Waals surface area (Å²) in [6.45, 7) is 15.0. The quantitative estimate of drug-likeness (QED) is 0.217. The van der Waals surface area contributed by atoms with Crippen LogP contribution in [0.4, 0.5) is 0 Å². The van der Waals surface area contributed by atoms with Crippen molar-refractivity contribution in [1.29, 1.82) is 0 Å². The second-order valence-corrected chi connectivity index (χ2v) is 11.6. The zero-order valence-electron chi connectivity index (χ0n) is 23.0. The Kier molecular flexibility index (Phi) is 10.2. The highest BCUT2D eigenvalue weighted by molar-refractivity contribution is 7.99. The molecule has 1 aromatic heterocycles. The standard InChI is InChI=1S/C26H29NO3.C5H11NS/c1-17-13-20(22-7-5-6-8-24(22)27-17)16-29-21-11-9-18(10-12-21)14-19-15-23(19)25(28)30-26(2,3)4;1-4-6(3)7-5-2/h5-13,19,23H,14-16H2,1-4H3;5H,2,4H2,1,3H3. The summed E-state index contributed by atoms with van der Waals surface area (Å²) in [5, 5.41) is 2.95. The Morgan fingerprint density at radius 2 is 1.89 bits per heavy atom. The third-order valence-corrected chi connectivity index (χ3v) is 6.84. The van der Waals surface area contributed by atoms with Gasteiger partial charge in [-0.2, -0.15) is 0 Å². The molecule has 0 radical (unpaired) electrons. The molecule has 1 saturated carbocycles. The molecule has 0 aliphatic heterocycles. The number of nitrogens with zero attached hydrogens (tertiary/aromatic N) is 2. The van der Waals surface area contributed by atoms with Crippen LogP contribution in [0.15, 0.2) is 66.6 Å². The smallest absolute Gasteiger partial charge is 0.309 e. The number of aryl methyl sites for hydroxylation is 1. The molecule has 198 valence electrons. The number of aromatic nitrogens is 1. The molecular weight excluding hydrogens is 480 g/mol. The summed E-state index contributed by atoms with van der Waals surface area (Å²) < 4.78 is 13.6. The molecule has 37 heavy (non-hydrogen) atoms. The molecule has 1 aliphatic carbocycles.